The molecule has 0 amide bonds. The van der Waals surface area contributed by atoms with Crippen molar-refractivity contribution in [2.45, 2.75) is 6.04 Å². The third kappa shape index (κ3) is 0.733. The van der Waals surface area contributed by atoms with E-state index in [0.29, 0.717) is 6.04 Å². The molecule has 2 heterocycles. The predicted molar refractivity (Wildman–Crippen MR) is 34.1 cm³/mol. The molecule has 1 aliphatic heterocycles. The van der Waals surface area contributed by atoms with Gasteiger partial charge in [0.05, 0.1) is 12.4 Å². The molecule has 3 nitrogen and oxygen atoms in total. The molecule has 0 atom stereocenters. The number of rotatable bonds is 1. The lowest BCUT2D eigenvalue weighted by Gasteiger charge is -2.27. The van der Waals surface area contributed by atoms with Gasteiger partial charge in [-0.2, -0.15) is 0 Å². The molecular weight excluding hydrogens is 114 g/mol. The Bertz CT molecular complexity index is 176. The summed E-state index contributed by atoms with van der Waals surface area (Å²) in [6, 6.07) is 0.660. The van der Waals surface area contributed by atoms with Crippen LogP contribution in [0.2, 0.25) is 0 Å². The molecule has 2 rings (SSSR count). The van der Waals surface area contributed by atoms with Crippen LogP contribution in [0.1, 0.15) is 6.04 Å². The summed E-state index contributed by atoms with van der Waals surface area (Å²) in [7, 11) is 0. The van der Waals surface area contributed by atoms with Crippen LogP contribution in [-0.4, -0.2) is 22.6 Å². The summed E-state index contributed by atoms with van der Waals surface area (Å²) in [5, 5.41) is 3.20. The highest BCUT2D eigenvalue weighted by Gasteiger charge is 2.16. The molecule has 1 aromatic heterocycles. The van der Waals surface area contributed by atoms with E-state index in [-0.39, 0.29) is 0 Å². The van der Waals surface area contributed by atoms with Crippen LogP contribution in [0, 0.1) is 0 Å². The number of aromatic nitrogens is 2. The van der Waals surface area contributed by atoms with E-state index in [4.69, 9.17) is 0 Å². The average Bonchev–Trinajstić information content (AvgIpc) is 2.11. The normalized spacial score (nSPS) is 19.6. The first-order chi connectivity index (χ1) is 4.47. The molecule has 1 fully saturated rings. The zero-order valence-corrected chi connectivity index (χ0v) is 5.12. The second kappa shape index (κ2) is 1.84. The SMILES string of the molecule is c1cn(C2CNC2)cn1. The monoisotopic (exact) mass is 123 g/mol. The van der Waals surface area contributed by atoms with E-state index in [0.717, 1.165) is 13.1 Å². The molecule has 9 heavy (non-hydrogen) atoms. The van der Waals surface area contributed by atoms with Crippen molar-refractivity contribution in [1.82, 2.24) is 14.9 Å². The van der Waals surface area contributed by atoms with Crippen molar-refractivity contribution < 1.29 is 0 Å². The van der Waals surface area contributed by atoms with Gasteiger partial charge in [0.1, 0.15) is 0 Å². The van der Waals surface area contributed by atoms with Crippen LogP contribution in [0.4, 0.5) is 0 Å². The van der Waals surface area contributed by atoms with E-state index in [2.05, 4.69) is 14.9 Å². The van der Waals surface area contributed by atoms with Crippen LogP contribution < -0.4 is 5.32 Å². The van der Waals surface area contributed by atoms with E-state index in [1.165, 1.54) is 0 Å². The van der Waals surface area contributed by atoms with Crippen molar-refractivity contribution in [1.29, 1.82) is 0 Å². The molecule has 1 aliphatic rings. The van der Waals surface area contributed by atoms with E-state index in [1.807, 2.05) is 18.7 Å². The largest absolute Gasteiger partial charge is 0.332 e. The number of nitrogens with one attached hydrogen (secondary N) is 1. The van der Waals surface area contributed by atoms with E-state index >= 15 is 0 Å². The molecule has 1 aromatic rings. The Kier molecular flexibility index (Phi) is 1.02. The van der Waals surface area contributed by atoms with Gasteiger partial charge in [0, 0.05) is 25.5 Å². The molecule has 1 saturated heterocycles. The van der Waals surface area contributed by atoms with Gasteiger partial charge in [-0.05, 0) is 0 Å². The molecule has 0 unspecified atom stereocenters. The molecule has 0 aliphatic carbocycles. The molecule has 0 aromatic carbocycles. The second-order valence-corrected chi connectivity index (χ2v) is 2.32. The molecule has 0 radical (unpaired) electrons. The smallest absolute Gasteiger partial charge is 0.0949 e. The minimum atomic E-state index is 0.660. The van der Waals surface area contributed by atoms with Crippen LogP contribution >= 0.6 is 0 Å². The second-order valence-electron chi connectivity index (χ2n) is 2.32. The Labute approximate surface area is 53.7 Å². The first-order valence-electron chi connectivity index (χ1n) is 3.15. The summed E-state index contributed by atoms with van der Waals surface area (Å²) in [5.41, 5.74) is 0. The maximum absolute atomic E-state index is 3.96. The van der Waals surface area contributed by atoms with Gasteiger partial charge in [0.25, 0.3) is 0 Å². The quantitative estimate of drug-likeness (QED) is 0.571. The summed E-state index contributed by atoms with van der Waals surface area (Å²) in [4.78, 5) is 3.96. The molecule has 48 valence electrons. The van der Waals surface area contributed by atoms with Crippen molar-refractivity contribution in [2.24, 2.45) is 0 Å². The highest BCUT2D eigenvalue weighted by molar-refractivity contribution is 4.87. The Balaban J connectivity index is 2.14. The molecule has 0 saturated carbocycles. The molecular formula is C6H9N3. The lowest BCUT2D eigenvalue weighted by Crippen LogP contribution is -2.42. The van der Waals surface area contributed by atoms with E-state index in [9.17, 15) is 0 Å². The highest BCUT2D eigenvalue weighted by Crippen LogP contribution is 2.08. The fourth-order valence-electron chi connectivity index (χ4n) is 0.970. The minimum Gasteiger partial charge on any atom is -0.332 e. The summed E-state index contributed by atoms with van der Waals surface area (Å²) in [5.74, 6) is 0. The Morgan fingerprint density at radius 3 is 2.89 bits per heavy atom. The summed E-state index contributed by atoms with van der Waals surface area (Å²) in [6.07, 6.45) is 5.69. The molecule has 3 heteroatoms. The zero-order chi connectivity index (χ0) is 6.10. The van der Waals surface area contributed by atoms with Crippen molar-refractivity contribution in [3.8, 4) is 0 Å². The van der Waals surface area contributed by atoms with E-state index in [1.54, 1.807) is 0 Å². The number of hydrogen-bond acceptors (Lipinski definition) is 2. The fourth-order valence-corrected chi connectivity index (χ4v) is 0.970. The molecule has 0 spiro atoms. The van der Waals surface area contributed by atoms with Gasteiger partial charge in [0.15, 0.2) is 0 Å². The predicted octanol–water partition coefficient (Wildman–Crippen LogP) is 0.0274. The Morgan fingerprint density at radius 2 is 2.44 bits per heavy atom. The summed E-state index contributed by atoms with van der Waals surface area (Å²) >= 11 is 0. The molecule has 1 N–H and O–H groups in total. The number of hydrogen-bond donors (Lipinski definition) is 1. The van der Waals surface area contributed by atoms with Gasteiger partial charge in [-0.1, -0.05) is 0 Å². The standard InChI is InChI=1S/C6H9N3/c1-2-9(5-7-1)6-3-8-4-6/h1-2,5-6,8H,3-4H2. The third-order valence-electron chi connectivity index (χ3n) is 1.71. The number of nitrogens with zero attached hydrogens (tertiary/aromatic N) is 2. The lowest BCUT2D eigenvalue weighted by molar-refractivity contribution is 0.343. The Hall–Kier alpha value is -0.830. The lowest BCUT2D eigenvalue weighted by atomic mass is 10.2. The van der Waals surface area contributed by atoms with Crippen LogP contribution in [-0.2, 0) is 0 Å². The molecule has 0 bridgehead atoms. The first kappa shape index (κ1) is 4.99. The van der Waals surface area contributed by atoms with E-state index < -0.39 is 0 Å². The van der Waals surface area contributed by atoms with Gasteiger partial charge in [-0.25, -0.2) is 4.98 Å². The van der Waals surface area contributed by atoms with Gasteiger partial charge in [-0.3, -0.25) is 0 Å². The summed E-state index contributed by atoms with van der Waals surface area (Å²) < 4.78 is 2.14. The maximum atomic E-state index is 3.96. The minimum absolute atomic E-state index is 0.660. The van der Waals surface area contributed by atoms with Crippen molar-refractivity contribution in [3.63, 3.8) is 0 Å². The maximum Gasteiger partial charge on any atom is 0.0949 e. The van der Waals surface area contributed by atoms with Crippen LogP contribution in [0.25, 0.3) is 0 Å². The topological polar surface area (TPSA) is 29.9 Å². The van der Waals surface area contributed by atoms with Gasteiger partial charge in [-0.15, -0.1) is 0 Å². The van der Waals surface area contributed by atoms with Crippen molar-refractivity contribution >= 4 is 0 Å². The van der Waals surface area contributed by atoms with Crippen LogP contribution in [0.5, 0.6) is 0 Å². The summed E-state index contributed by atoms with van der Waals surface area (Å²) in [6.45, 7) is 2.19. The Morgan fingerprint density at radius 1 is 1.56 bits per heavy atom. The van der Waals surface area contributed by atoms with Crippen LogP contribution in [0.3, 0.4) is 0 Å². The van der Waals surface area contributed by atoms with Crippen molar-refractivity contribution in [2.75, 3.05) is 13.1 Å². The van der Waals surface area contributed by atoms with Crippen LogP contribution in [0.15, 0.2) is 18.7 Å². The van der Waals surface area contributed by atoms with Gasteiger partial charge in [0.2, 0.25) is 0 Å². The first-order valence-corrected chi connectivity index (χ1v) is 3.15. The van der Waals surface area contributed by atoms with Gasteiger partial charge < -0.3 is 9.88 Å². The highest BCUT2D eigenvalue weighted by atomic mass is 15.2. The van der Waals surface area contributed by atoms with Gasteiger partial charge >= 0.3 is 0 Å². The van der Waals surface area contributed by atoms with Crippen molar-refractivity contribution in [3.05, 3.63) is 18.7 Å². The fraction of sp³-hybridized carbons (Fsp3) is 0.500. The average molecular weight is 123 g/mol. The zero-order valence-electron chi connectivity index (χ0n) is 5.12. The third-order valence-corrected chi connectivity index (χ3v) is 1.71. The number of imidazole rings is 1.